The van der Waals surface area contributed by atoms with Gasteiger partial charge in [-0.25, -0.2) is 4.79 Å². The van der Waals surface area contributed by atoms with Crippen LogP contribution in [0.3, 0.4) is 0 Å². The molecule has 0 radical (unpaired) electrons. The van der Waals surface area contributed by atoms with E-state index in [2.05, 4.69) is 15.6 Å². The van der Waals surface area contributed by atoms with E-state index in [0.29, 0.717) is 19.5 Å². The Labute approximate surface area is 133 Å². The first-order valence-corrected chi connectivity index (χ1v) is 7.64. The summed E-state index contributed by atoms with van der Waals surface area (Å²) in [6.45, 7) is 4.43. The lowest BCUT2D eigenvalue weighted by Crippen LogP contribution is -2.54. The Bertz CT molecular complexity index is 515. The van der Waals surface area contributed by atoms with Gasteiger partial charge in [-0.3, -0.25) is 4.68 Å². The fraction of sp³-hybridized carbons (Fsp3) is 0.786. The Hall–Kier alpha value is -1.80. The second-order valence-corrected chi connectivity index (χ2v) is 6.54. The number of aromatic nitrogens is 3. The van der Waals surface area contributed by atoms with Gasteiger partial charge < -0.3 is 10.2 Å². The zero-order valence-electron chi connectivity index (χ0n) is 13.3. The number of rotatable bonds is 4. The number of urea groups is 1. The fourth-order valence-electron chi connectivity index (χ4n) is 3.04. The highest BCUT2D eigenvalue weighted by Crippen LogP contribution is 2.44. The van der Waals surface area contributed by atoms with E-state index in [-0.39, 0.29) is 25.5 Å². The van der Waals surface area contributed by atoms with Gasteiger partial charge in [0, 0.05) is 32.4 Å². The van der Waals surface area contributed by atoms with Crippen molar-refractivity contribution in [2.75, 3.05) is 19.6 Å². The van der Waals surface area contributed by atoms with Crippen molar-refractivity contribution in [1.29, 1.82) is 0 Å². The maximum atomic E-state index is 13.0. The fourth-order valence-corrected chi connectivity index (χ4v) is 3.04. The number of nitrogens with zero attached hydrogens (tertiary/aromatic N) is 4. The van der Waals surface area contributed by atoms with E-state index in [0.717, 1.165) is 0 Å². The van der Waals surface area contributed by atoms with Crippen LogP contribution in [0, 0.1) is 11.3 Å². The minimum atomic E-state index is -4.22. The lowest BCUT2D eigenvalue weighted by molar-refractivity contribution is -0.214. The van der Waals surface area contributed by atoms with Crippen molar-refractivity contribution in [2.24, 2.45) is 11.3 Å². The molecule has 1 aromatic heterocycles. The summed E-state index contributed by atoms with van der Waals surface area (Å²) < 4.78 is 40.7. The monoisotopic (exact) mass is 333 g/mol. The number of halogens is 3. The van der Waals surface area contributed by atoms with Gasteiger partial charge in [0.25, 0.3) is 0 Å². The van der Waals surface area contributed by atoms with Gasteiger partial charge in [-0.05, 0) is 18.3 Å². The van der Waals surface area contributed by atoms with Crippen LogP contribution in [0.15, 0.2) is 12.4 Å². The molecule has 0 spiro atoms. The van der Waals surface area contributed by atoms with Crippen molar-refractivity contribution in [3.05, 3.63) is 12.4 Å². The SMILES string of the molecule is CC1(C)CN(C(=O)NCCCn2ccnn2)CC[C@H]1C(F)(F)F. The maximum absolute atomic E-state index is 13.0. The van der Waals surface area contributed by atoms with Gasteiger partial charge in [0.1, 0.15) is 0 Å². The number of carbonyl (C=O) groups excluding carboxylic acids is 1. The minimum absolute atomic E-state index is 0.0527. The first-order chi connectivity index (χ1) is 10.7. The van der Waals surface area contributed by atoms with Crippen molar-refractivity contribution in [2.45, 2.75) is 39.4 Å². The molecule has 0 unspecified atom stereocenters. The third kappa shape index (κ3) is 4.59. The molecule has 2 amide bonds. The highest BCUT2D eigenvalue weighted by molar-refractivity contribution is 5.74. The zero-order valence-corrected chi connectivity index (χ0v) is 13.3. The number of likely N-dealkylation sites (tertiary alicyclic amines) is 1. The number of amides is 2. The first kappa shape index (κ1) is 17.6. The Balaban J connectivity index is 1.77. The van der Waals surface area contributed by atoms with Crippen LogP contribution in [0.2, 0.25) is 0 Å². The van der Waals surface area contributed by atoms with Gasteiger partial charge in [0.15, 0.2) is 0 Å². The number of hydrogen-bond donors (Lipinski definition) is 1. The zero-order chi connectivity index (χ0) is 17.1. The molecule has 1 aliphatic heterocycles. The molecule has 2 heterocycles. The van der Waals surface area contributed by atoms with Gasteiger partial charge in [0.05, 0.1) is 12.1 Å². The van der Waals surface area contributed by atoms with Gasteiger partial charge in [-0.2, -0.15) is 13.2 Å². The first-order valence-electron chi connectivity index (χ1n) is 7.64. The van der Waals surface area contributed by atoms with E-state index in [1.807, 2.05) is 0 Å². The molecular weight excluding hydrogens is 311 g/mol. The molecule has 1 atom stereocenters. The summed E-state index contributed by atoms with van der Waals surface area (Å²) in [4.78, 5) is 13.6. The Morgan fingerprint density at radius 3 is 2.74 bits per heavy atom. The number of alkyl halides is 3. The summed E-state index contributed by atoms with van der Waals surface area (Å²) in [5, 5.41) is 10.2. The Morgan fingerprint density at radius 2 is 2.17 bits per heavy atom. The van der Waals surface area contributed by atoms with Crippen molar-refractivity contribution < 1.29 is 18.0 Å². The molecule has 1 fully saturated rings. The summed E-state index contributed by atoms with van der Waals surface area (Å²) in [7, 11) is 0. The van der Waals surface area contributed by atoms with Crippen LogP contribution in [0.4, 0.5) is 18.0 Å². The van der Waals surface area contributed by atoms with E-state index in [1.165, 1.54) is 4.90 Å². The minimum Gasteiger partial charge on any atom is -0.338 e. The predicted molar refractivity (Wildman–Crippen MR) is 77.6 cm³/mol. The largest absolute Gasteiger partial charge is 0.392 e. The molecule has 1 saturated heterocycles. The van der Waals surface area contributed by atoms with Crippen LogP contribution in [-0.2, 0) is 6.54 Å². The number of nitrogens with one attached hydrogen (secondary N) is 1. The highest BCUT2D eigenvalue weighted by atomic mass is 19.4. The van der Waals surface area contributed by atoms with Crippen LogP contribution in [0.5, 0.6) is 0 Å². The molecule has 130 valence electrons. The van der Waals surface area contributed by atoms with E-state index in [9.17, 15) is 18.0 Å². The van der Waals surface area contributed by atoms with Crippen molar-refractivity contribution >= 4 is 6.03 Å². The van der Waals surface area contributed by atoms with Crippen LogP contribution < -0.4 is 5.32 Å². The number of hydrogen-bond acceptors (Lipinski definition) is 3. The lowest BCUT2D eigenvalue weighted by atomic mass is 9.73. The second kappa shape index (κ2) is 6.76. The molecule has 1 N–H and O–H groups in total. The Morgan fingerprint density at radius 1 is 1.43 bits per heavy atom. The molecule has 23 heavy (non-hydrogen) atoms. The van der Waals surface area contributed by atoms with E-state index in [4.69, 9.17) is 0 Å². The average Bonchev–Trinajstić information content (AvgIpc) is 2.93. The van der Waals surface area contributed by atoms with Crippen LogP contribution >= 0.6 is 0 Å². The molecule has 6 nitrogen and oxygen atoms in total. The molecule has 0 aliphatic carbocycles. The van der Waals surface area contributed by atoms with E-state index in [1.54, 1.807) is 30.9 Å². The van der Waals surface area contributed by atoms with Crippen molar-refractivity contribution in [3.8, 4) is 0 Å². The number of aryl methyl sites for hydroxylation is 1. The molecule has 0 aromatic carbocycles. The molecule has 1 aromatic rings. The average molecular weight is 333 g/mol. The van der Waals surface area contributed by atoms with Crippen LogP contribution in [-0.4, -0.2) is 51.7 Å². The summed E-state index contributed by atoms with van der Waals surface area (Å²) in [6, 6.07) is -0.308. The van der Waals surface area contributed by atoms with Gasteiger partial charge >= 0.3 is 12.2 Å². The van der Waals surface area contributed by atoms with E-state index >= 15 is 0 Å². The van der Waals surface area contributed by atoms with Crippen LogP contribution in [0.25, 0.3) is 0 Å². The third-order valence-corrected chi connectivity index (χ3v) is 4.22. The third-order valence-electron chi connectivity index (χ3n) is 4.22. The summed E-state index contributed by atoms with van der Waals surface area (Å²) in [5.74, 6) is -1.37. The van der Waals surface area contributed by atoms with Gasteiger partial charge in [-0.1, -0.05) is 19.1 Å². The van der Waals surface area contributed by atoms with Crippen molar-refractivity contribution in [3.63, 3.8) is 0 Å². The number of piperidine rings is 1. The number of carbonyl (C=O) groups is 1. The summed E-state index contributed by atoms with van der Waals surface area (Å²) in [6.07, 6.45) is -0.290. The van der Waals surface area contributed by atoms with Gasteiger partial charge in [-0.15, -0.1) is 5.10 Å². The smallest absolute Gasteiger partial charge is 0.338 e. The van der Waals surface area contributed by atoms with Gasteiger partial charge in [0.2, 0.25) is 0 Å². The maximum Gasteiger partial charge on any atom is 0.392 e. The summed E-state index contributed by atoms with van der Waals surface area (Å²) in [5.41, 5.74) is -0.978. The molecular formula is C14H22F3N5O. The van der Waals surface area contributed by atoms with Crippen molar-refractivity contribution in [1.82, 2.24) is 25.2 Å². The standard InChI is InChI=1S/C14H22F3N5O/c1-13(2)10-21(8-4-11(13)14(15,16)17)12(23)18-5-3-7-22-9-6-19-20-22/h6,9,11H,3-5,7-8,10H2,1-2H3,(H,18,23)/t11-/m1/s1. The molecule has 0 saturated carbocycles. The topological polar surface area (TPSA) is 63.1 Å². The predicted octanol–water partition coefficient (Wildman–Crippen LogP) is 2.29. The normalized spacial score (nSPS) is 21.3. The quantitative estimate of drug-likeness (QED) is 0.860. The van der Waals surface area contributed by atoms with E-state index < -0.39 is 17.5 Å². The molecule has 1 aliphatic rings. The molecule has 2 rings (SSSR count). The lowest BCUT2D eigenvalue weighted by Gasteiger charge is -2.44. The molecule has 9 heteroatoms. The second-order valence-electron chi connectivity index (χ2n) is 6.54. The highest BCUT2D eigenvalue weighted by Gasteiger charge is 2.51. The Kier molecular flexibility index (Phi) is 5.16. The summed E-state index contributed by atoms with van der Waals surface area (Å²) >= 11 is 0. The van der Waals surface area contributed by atoms with Crippen LogP contribution in [0.1, 0.15) is 26.7 Å². The molecule has 0 bridgehead atoms.